The van der Waals surface area contributed by atoms with Crippen LogP contribution in [0.4, 0.5) is 0 Å². The zero-order valence-electron chi connectivity index (χ0n) is 26.3. The molecular formula is C36H58NO3+. The Morgan fingerprint density at radius 3 is 1.93 bits per heavy atom. The van der Waals surface area contributed by atoms with Gasteiger partial charge in [-0.15, -0.1) is 0 Å². The highest BCUT2D eigenvalue weighted by Gasteiger charge is 2.29. The van der Waals surface area contributed by atoms with Crippen LogP contribution in [0, 0.1) is 5.92 Å². The first kappa shape index (κ1) is 33.9. The Bertz CT molecular complexity index is 927. The molecule has 0 radical (unpaired) electrons. The third-order valence-electron chi connectivity index (χ3n) is 7.80. The van der Waals surface area contributed by atoms with Gasteiger partial charge in [0.05, 0.1) is 20.6 Å². The minimum Gasteiger partial charge on any atom is -0.455 e. The summed E-state index contributed by atoms with van der Waals surface area (Å²) in [6, 6.07) is 18.7. The summed E-state index contributed by atoms with van der Waals surface area (Å²) in [5.41, 5.74) is 2.56. The summed E-state index contributed by atoms with van der Waals surface area (Å²) in [4.78, 5) is 13.0. The van der Waals surface area contributed by atoms with Gasteiger partial charge in [0.1, 0.15) is 18.2 Å². The lowest BCUT2D eigenvalue weighted by Crippen LogP contribution is -2.45. The average Bonchev–Trinajstić information content (AvgIpc) is 2.92. The molecule has 0 aromatic heterocycles. The highest BCUT2D eigenvalue weighted by Crippen LogP contribution is 2.20. The Labute approximate surface area is 246 Å². The molecule has 2 rings (SSSR count). The molecule has 0 heterocycles. The van der Waals surface area contributed by atoms with Crippen LogP contribution in [0.25, 0.3) is 0 Å². The fourth-order valence-electron chi connectivity index (χ4n) is 5.53. The third-order valence-corrected chi connectivity index (χ3v) is 7.80. The standard InChI is InChI=1S/C36H58NO3/c1-6-8-9-10-11-12-13-14-15-16-17-19-23-32-26-22-27-35(28-32)39-31(3)40-36(38)34(7-2)30-37(4,5)29-33-24-20-18-21-25-33/h18,20-22,24-28,31,34H,6-17,19,23,29-30H2,1-5H3/q+1. The summed E-state index contributed by atoms with van der Waals surface area (Å²) < 4.78 is 12.5. The highest BCUT2D eigenvalue weighted by atomic mass is 16.7. The first-order chi connectivity index (χ1) is 19.3. The van der Waals surface area contributed by atoms with E-state index in [0.29, 0.717) is 0 Å². The van der Waals surface area contributed by atoms with E-state index < -0.39 is 6.29 Å². The molecule has 4 nitrogen and oxygen atoms in total. The first-order valence-electron chi connectivity index (χ1n) is 16.1. The van der Waals surface area contributed by atoms with Crippen LogP contribution >= 0.6 is 0 Å². The van der Waals surface area contributed by atoms with Crippen LogP contribution in [0.1, 0.15) is 115 Å². The van der Waals surface area contributed by atoms with Gasteiger partial charge in [-0.05, 0) is 37.0 Å². The van der Waals surface area contributed by atoms with Crippen LogP contribution in [0.3, 0.4) is 0 Å². The van der Waals surface area contributed by atoms with Crippen molar-refractivity contribution < 1.29 is 18.8 Å². The second kappa shape index (κ2) is 19.7. The van der Waals surface area contributed by atoms with Crippen LogP contribution in [0.2, 0.25) is 0 Å². The van der Waals surface area contributed by atoms with Gasteiger partial charge in [0, 0.05) is 12.5 Å². The van der Waals surface area contributed by atoms with Crippen molar-refractivity contribution in [3.63, 3.8) is 0 Å². The molecule has 4 heteroatoms. The monoisotopic (exact) mass is 552 g/mol. The van der Waals surface area contributed by atoms with Crippen LogP contribution < -0.4 is 4.74 Å². The van der Waals surface area contributed by atoms with Crippen LogP contribution in [-0.2, 0) is 22.5 Å². The molecule has 0 spiro atoms. The lowest BCUT2D eigenvalue weighted by Gasteiger charge is -2.33. The number of ether oxygens (including phenoxy) is 2. The second-order valence-electron chi connectivity index (χ2n) is 12.3. The molecule has 2 aromatic rings. The normalized spacial score (nSPS) is 13.1. The molecule has 0 aliphatic carbocycles. The summed E-state index contributed by atoms with van der Waals surface area (Å²) in [6.07, 6.45) is 17.6. The predicted octanol–water partition coefficient (Wildman–Crippen LogP) is 9.50. The lowest BCUT2D eigenvalue weighted by molar-refractivity contribution is -0.906. The number of nitrogens with zero attached hydrogens (tertiary/aromatic N) is 1. The van der Waals surface area contributed by atoms with Crippen molar-refractivity contribution in [2.24, 2.45) is 5.92 Å². The molecule has 40 heavy (non-hydrogen) atoms. The van der Waals surface area contributed by atoms with Crippen molar-refractivity contribution in [3.05, 3.63) is 65.7 Å². The zero-order chi connectivity index (χ0) is 29.1. The van der Waals surface area contributed by atoms with Gasteiger partial charge in [0.25, 0.3) is 0 Å². The maximum atomic E-state index is 13.0. The molecule has 0 aliphatic heterocycles. The number of esters is 1. The maximum absolute atomic E-state index is 13.0. The van der Waals surface area contributed by atoms with Gasteiger partial charge in [0.2, 0.25) is 6.29 Å². The van der Waals surface area contributed by atoms with E-state index in [0.717, 1.165) is 36.2 Å². The molecule has 0 bridgehead atoms. The van der Waals surface area contributed by atoms with E-state index in [-0.39, 0.29) is 11.9 Å². The topological polar surface area (TPSA) is 35.5 Å². The summed E-state index contributed by atoms with van der Waals surface area (Å²) >= 11 is 0. The minimum atomic E-state index is -0.617. The van der Waals surface area contributed by atoms with Crippen molar-refractivity contribution in [1.29, 1.82) is 0 Å². The molecule has 0 fully saturated rings. The summed E-state index contributed by atoms with van der Waals surface area (Å²) in [6.45, 7) is 7.75. The van der Waals surface area contributed by atoms with Crippen LogP contribution in [-0.4, -0.2) is 37.4 Å². The molecule has 0 saturated carbocycles. The molecule has 224 valence electrons. The highest BCUT2D eigenvalue weighted by molar-refractivity contribution is 5.72. The summed E-state index contributed by atoms with van der Waals surface area (Å²) in [5, 5.41) is 0. The van der Waals surface area contributed by atoms with Gasteiger partial charge in [-0.2, -0.15) is 0 Å². The van der Waals surface area contributed by atoms with Gasteiger partial charge in [-0.3, -0.25) is 4.79 Å². The van der Waals surface area contributed by atoms with Gasteiger partial charge in [0.15, 0.2) is 0 Å². The van der Waals surface area contributed by atoms with Gasteiger partial charge in [-0.25, -0.2) is 0 Å². The second-order valence-corrected chi connectivity index (χ2v) is 12.3. The molecule has 2 unspecified atom stereocenters. The molecular weight excluding hydrogens is 494 g/mol. The van der Waals surface area contributed by atoms with Gasteiger partial charge < -0.3 is 14.0 Å². The Balaban J connectivity index is 1.66. The molecule has 2 atom stereocenters. The van der Waals surface area contributed by atoms with Crippen LogP contribution in [0.5, 0.6) is 5.75 Å². The van der Waals surface area contributed by atoms with E-state index in [1.165, 1.54) is 88.2 Å². The summed E-state index contributed by atoms with van der Waals surface area (Å²) in [5.74, 6) is 0.425. The van der Waals surface area contributed by atoms with Gasteiger partial charge >= 0.3 is 5.97 Å². The van der Waals surface area contributed by atoms with Crippen molar-refractivity contribution in [1.82, 2.24) is 0 Å². The average molecular weight is 553 g/mol. The third kappa shape index (κ3) is 14.9. The Hall–Kier alpha value is -2.33. The molecule has 0 saturated heterocycles. The largest absolute Gasteiger partial charge is 0.455 e. The number of quaternary nitrogens is 1. The number of carbonyl (C=O) groups excluding carboxylic acids is 1. The molecule has 0 amide bonds. The lowest BCUT2D eigenvalue weighted by atomic mass is 10.0. The van der Waals surface area contributed by atoms with Crippen LogP contribution in [0.15, 0.2) is 54.6 Å². The van der Waals surface area contributed by atoms with E-state index in [1.54, 1.807) is 0 Å². The van der Waals surface area contributed by atoms with Crippen molar-refractivity contribution in [2.75, 3.05) is 20.6 Å². The minimum absolute atomic E-state index is 0.165. The van der Waals surface area contributed by atoms with E-state index in [9.17, 15) is 4.79 Å². The van der Waals surface area contributed by atoms with E-state index >= 15 is 0 Å². The number of carbonyl (C=O) groups is 1. The molecule has 0 N–H and O–H groups in total. The zero-order valence-corrected chi connectivity index (χ0v) is 26.3. The Morgan fingerprint density at radius 1 is 0.750 bits per heavy atom. The fraction of sp³-hybridized carbons (Fsp3) is 0.639. The Morgan fingerprint density at radius 2 is 1.32 bits per heavy atom. The number of benzene rings is 2. The number of aryl methyl sites for hydroxylation is 1. The smallest absolute Gasteiger partial charge is 0.317 e. The van der Waals surface area contributed by atoms with E-state index in [1.807, 2.05) is 25.1 Å². The number of rotatable bonds is 22. The van der Waals surface area contributed by atoms with Crippen molar-refractivity contribution >= 4 is 5.97 Å². The fourth-order valence-corrected chi connectivity index (χ4v) is 5.53. The van der Waals surface area contributed by atoms with Crippen molar-refractivity contribution in [3.8, 4) is 5.75 Å². The number of hydrogen-bond donors (Lipinski definition) is 0. The number of unbranched alkanes of at least 4 members (excludes halogenated alkanes) is 11. The predicted molar refractivity (Wildman–Crippen MR) is 168 cm³/mol. The van der Waals surface area contributed by atoms with Crippen molar-refractivity contribution in [2.45, 2.75) is 123 Å². The van der Waals surface area contributed by atoms with Gasteiger partial charge in [-0.1, -0.05) is 127 Å². The summed E-state index contributed by atoms with van der Waals surface area (Å²) in [7, 11) is 4.34. The SMILES string of the molecule is CCCCCCCCCCCCCCc1cccc(OC(C)OC(=O)C(CC)C[N+](C)(C)Cc2ccccc2)c1. The van der Waals surface area contributed by atoms with E-state index in [2.05, 4.69) is 64.3 Å². The van der Waals surface area contributed by atoms with E-state index in [4.69, 9.17) is 9.47 Å². The maximum Gasteiger partial charge on any atom is 0.317 e. The molecule has 0 aliphatic rings. The number of hydrogen-bond acceptors (Lipinski definition) is 3. The Kier molecular flexibility index (Phi) is 16.7. The molecule has 2 aromatic carbocycles. The quantitative estimate of drug-likeness (QED) is 0.0631. The first-order valence-corrected chi connectivity index (χ1v) is 16.1.